The molecule has 0 bridgehead atoms. The van der Waals surface area contributed by atoms with Crippen LogP contribution in [0.5, 0.6) is 0 Å². The number of carbonyl (C=O) groups excluding carboxylic acids is 2. The highest BCUT2D eigenvalue weighted by Gasteiger charge is 2.31. The van der Waals surface area contributed by atoms with Gasteiger partial charge in [-0.1, -0.05) is 36.3 Å². The molecule has 0 radical (unpaired) electrons. The van der Waals surface area contributed by atoms with E-state index in [9.17, 15) is 9.59 Å². The van der Waals surface area contributed by atoms with Gasteiger partial charge in [-0.2, -0.15) is 0 Å². The highest BCUT2D eigenvalue weighted by atomic mass is 32.1. The molecule has 2 aromatic rings. The Morgan fingerprint density at radius 3 is 2.68 bits per heavy atom. The van der Waals surface area contributed by atoms with Crippen molar-refractivity contribution in [2.75, 3.05) is 5.32 Å². The number of nitrogens with one attached hydrogen (secondary N) is 2. The van der Waals surface area contributed by atoms with Crippen LogP contribution in [0, 0.1) is 5.92 Å². The molecular weight excluding hydrogens is 298 g/mol. The molecule has 0 unspecified atom stereocenters. The van der Waals surface area contributed by atoms with E-state index in [1.165, 1.54) is 18.3 Å². The normalized spacial score (nSPS) is 16.6. The van der Waals surface area contributed by atoms with Gasteiger partial charge in [0.15, 0.2) is 5.13 Å². The van der Waals surface area contributed by atoms with E-state index in [0.29, 0.717) is 5.13 Å². The number of aromatic nitrogens is 1. The summed E-state index contributed by atoms with van der Waals surface area (Å²) in [6.07, 6.45) is 4.21. The van der Waals surface area contributed by atoms with Crippen LogP contribution in [0.4, 0.5) is 5.13 Å². The van der Waals surface area contributed by atoms with Crippen molar-refractivity contribution in [2.24, 2.45) is 5.92 Å². The molecule has 1 atom stereocenters. The molecule has 1 aliphatic rings. The molecule has 1 heterocycles. The van der Waals surface area contributed by atoms with E-state index < -0.39 is 6.04 Å². The van der Waals surface area contributed by atoms with Crippen molar-refractivity contribution in [1.82, 2.24) is 10.3 Å². The molecule has 1 aromatic heterocycles. The first-order valence-corrected chi connectivity index (χ1v) is 8.38. The molecule has 2 N–H and O–H groups in total. The van der Waals surface area contributed by atoms with Gasteiger partial charge in [0.25, 0.3) is 0 Å². The summed E-state index contributed by atoms with van der Waals surface area (Å²) in [6, 6.07) is 7.30. The van der Waals surface area contributed by atoms with Crippen molar-refractivity contribution in [2.45, 2.75) is 38.6 Å². The van der Waals surface area contributed by atoms with Gasteiger partial charge >= 0.3 is 0 Å². The molecule has 1 saturated carbocycles. The van der Waals surface area contributed by atoms with Crippen molar-refractivity contribution < 1.29 is 9.59 Å². The number of hydrogen-bond acceptors (Lipinski definition) is 4. The third-order valence-electron chi connectivity index (χ3n) is 4.04. The van der Waals surface area contributed by atoms with Gasteiger partial charge in [0.05, 0.1) is 10.2 Å². The van der Waals surface area contributed by atoms with E-state index in [-0.39, 0.29) is 17.7 Å². The van der Waals surface area contributed by atoms with Crippen LogP contribution in [-0.4, -0.2) is 22.8 Å². The number of anilines is 1. The van der Waals surface area contributed by atoms with Crippen LogP contribution in [0.1, 0.15) is 32.6 Å². The van der Waals surface area contributed by atoms with E-state index in [0.717, 1.165) is 35.9 Å². The number of para-hydroxylation sites is 1. The van der Waals surface area contributed by atoms with Gasteiger partial charge in [0.2, 0.25) is 11.8 Å². The van der Waals surface area contributed by atoms with E-state index in [4.69, 9.17) is 0 Å². The second-order valence-electron chi connectivity index (χ2n) is 5.70. The number of fused-ring (bicyclic) bond motifs is 1. The zero-order valence-corrected chi connectivity index (χ0v) is 13.3. The van der Waals surface area contributed by atoms with Crippen molar-refractivity contribution in [3.63, 3.8) is 0 Å². The Kier molecular flexibility index (Phi) is 4.38. The Morgan fingerprint density at radius 2 is 2.00 bits per heavy atom. The number of hydrogen-bond donors (Lipinski definition) is 2. The fourth-order valence-electron chi connectivity index (χ4n) is 3.02. The second-order valence-corrected chi connectivity index (χ2v) is 6.73. The SMILES string of the molecule is CC(=O)N[C@H](C(=O)Nc1nc2ccccc2s1)C1CCCC1. The quantitative estimate of drug-likeness (QED) is 0.911. The van der Waals surface area contributed by atoms with Crippen LogP contribution in [0.25, 0.3) is 10.2 Å². The van der Waals surface area contributed by atoms with Gasteiger partial charge in [-0.15, -0.1) is 0 Å². The molecule has 2 amide bonds. The maximum Gasteiger partial charge on any atom is 0.249 e. The average Bonchev–Trinajstić information content (AvgIpc) is 3.13. The van der Waals surface area contributed by atoms with Crippen molar-refractivity contribution in [1.29, 1.82) is 0 Å². The van der Waals surface area contributed by atoms with Crippen molar-refractivity contribution in [3.8, 4) is 0 Å². The first-order valence-electron chi connectivity index (χ1n) is 7.57. The summed E-state index contributed by atoms with van der Waals surface area (Å²) in [5.74, 6) is -0.115. The summed E-state index contributed by atoms with van der Waals surface area (Å²) in [5, 5.41) is 6.25. The minimum Gasteiger partial charge on any atom is -0.344 e. The predicted molar refractivity (Wildman–Crippen MR) is 87.8 cm³/mol. The zero-order chi connectivity index (χ0) is 15.5. The summed E-state index contributed by atoms with van der Waals surface area (Å²) in [6.45, 7) is 1.45. The first kappa shape index (κ1) is 15.0. The number of rotatable bonds is 4. The monoisotopic (exact) mass is 317 g/mol. The molecule has 6 heteroatoms. The Hall–Kier alpha value is -1.95. The van der Waals surface area contributed by atoms with E-state index in [2.05, 4.69) is 15.6 Å². The molecule has 0 aliphatic heterocycles. The summed E-state index contributed by atoms with van der Waals surface area (Å²) >= 11 is 1.45. The molecule has 1 aliphatic carbocycles. The average molecular weight is 317 g/mol. The van der Waals surface area contributed by atoms with Gasteiger partial charge in [0.1, 0.15) is 6.04 Å². The van der Waals surface area contributed by atoms with Gasteiger partial charge in [-0.25, -0.2) is 4.98 Å². The van der Waals surface area contributed by atoms with E-state index >= 15 is 0 Å². The Bertz CT molecular complexity index is 659. The van der Waals surface area contributed by atoms with Gasteiger partial charge in [-0.3, -0.25) is 9.59 Å². The number of nitrogens with zero attached hydrogens (tertiary/aromatic N) is 1. The summed E-state index contributed by atoms with van der Waals surface area (Å²) in [4.78, 5) is 28.4. The van der Waals surface area contributed by atoms with E-state index in [1.54, 1.807) is 0 Å². The molecule has 3 rings (SSSR count). The molecule has 1 fully saturated rings. The zero-order valence-electron chi connectivity index (χ0n) is 12.5. The lowest BCUT2D eigenvalue weighted by Crippen LogP contribution is -2.47. The molecule has 5 nitrogen and oxygen atoms in total. The molecule has 116 valence electrons. The van der Waals surface area contributed by atoms with E-state index in [1.807, 2.05) is 24.3 Å². The Labute approximate surface area is 133 Å². The molecule has 1 aromatic carbocycles. The van der Waals surface area contributed by atoms with Crippen LogP contribution in [-0.2, 0) is 9.59 Å². The van der Waals surface area contributed by atoms with Crippen LogP contribution in [0.3, 0.4) is 0 Å². The predicted octanol–water partition coefficient (Wildman–Crippen LogP) is 2.93. The lowest BCUT2D eigenvalue weighted by atomic mass is 9.97. The van der Waals surface area contributed by atoms with Gasteiger partial charge in [-0.05, 0) is 30.9 Å². The highest BCUT2D eigenvalue weighted by Crippen LogP contribution is 2.30. The lowest BCUT2D eigenvalue weighted by molar-refractivity contribution is -0.126. The smallest absolute Gasteiger partial charge is 0.249 e. The summed E-state index contributed by atoms with van der Waals surface area (Å²) < 4.78 is 1.04. The second kappa shape index (κ2) is 6.44. The largest absolute Gasteiger partial charge is 0.344 e. The number of amides is 2. The molecule has 0 saturated heterocycles. The van der Waals surface area contributed by atoms with Crippen LogP contribution in [0.15, 0.2) is 24.3 Å². The van der Waals surface area contributed by atoms with Crippen molar-refractivity contribution >= 4 is 38.5 Å². The van der Waals surface area contributed by atoms with Crippen LogP contribution < -0.4 is 10.6 Å². The topological polar surface area (TPSA) is 71.1 Å². The number of benzene rings is 1. The van der Waals surface area contributed by atoms with Crippen molar-refractivity contribution in [3.05, 3.63) is 24.3 Å². The maximum absolute atomic E-state index is 12.6. The highest BCUT2D eigenvalue weighted by molar-refractivity contribution is 7.22. The molecule has 0 spiro atoms. The first-order chi connectivity index (χ1) is 10.6. The number of carbonyl (C=O) groups is 2. The fraction of sp³-hybridized carbons (Fsp3) is 0.438. The maximum atomic E-state index is 12.6. The summed E-state index contributed by atoms with van der Waals surface area (Å²) in [5.41, 5.74) is 0.875. The Balaban J connectivity index is 1.75. The molecular formula is C16H19N3O2S. The van der Waals surface area contributed by atoms with Crippen LogP contribution in [0.2, 0.25) is 0 Å². The standard InChI is InChI=1S/C16H19N3O2S/c1-10(20)17-14(11-6-2-3-7-11)15(21)19-16-18-12-8-4-5-9-13(12)22-16/h4-5,8-9,11,14H,2-3,6-7H2,1H3,(H,17,20)(H,18,19,21)/t14-/m0/s1. The lowest BCUT2D eigenvalue weighted by Gasteiger charge is -2.22. The third kappa shape index (κ3) is 3.27. The summed E-state index contributed by atoms with van der Waals surface area (Å²) in [7, 11) is 0. The minimum absolute atomic E-state index is 0.166. The third-order valence-corrected chi connectivity index (χ3v) is 4.99. The van der Waals surface area contributed by atoms with Gasteiger partial charge in [0, 0.05) is 6.92 Å². The van der Waals surface area contributed by atoms with Crippen LogP contribution >= 0.6 is 11.3 Å². The van der Waals surface area contributed by atoms with Gasteiger partial charge < -0.3 is 10.6 Å². The fourth-order valence-corrected chi connectivity index (χ4v) is 3.88. The Morgan fingerprint density at radius 1 is 1.27 bits per heavy atom. The number of thiazole rings is 1. The molecule has 22 heavy (non-hydrogen) atoms. The minimum atomic E-state index is -0.466.